The molecule has 128 valence electrons. The number of anilines is 1. The van der Waals surface area contributed by atoms with E-state index in [1.54, 1.807) is 0 Å². The van der Waals surface area contributed by atoms with Crippen molar-refractivity contribution in [3.8, 4) is 0 Å². The van der Waals surface area contributed by atoms with Gasteiger partial charge in [-0.2, -0.15) is 13.2 Å². The molecule has 0 aromatic carbocycles. The third kappa shape index (κ3) is 2.96. The maximum absolute atomic E-state index is 12.7. The summed E-state index contributed by atoms with van der Waals surface area (Å²) in [5.41, 5.74) is -1.60. The molecule has 0 atom stereocenters. The second-order valence-corrected chi connectivity index (χ2v) is 5.23. The van der Waals surface area contributed by atoms with Gasteiger partial charge in [-0.3, -0.25) is 14.2 Å². The highest BCUT2D eigenvalue weighted by Crippen LogP contribution is 2.29. The molecular weight excluding hydrogens is 331 g/mol. The number of imidazole rings is 1. The Morgan fingerprint density at radius 1 is 1.33 bits per heavy atom. The number of nitrogens with zero attached hydrogens (tertiary/aromatic N) is 5. The Bertz CT molecular complexity index is 842. The van der Waals surface area contributed by atoms with Crippen LogP contribution in [0.2, 0.25) is 0 Å². The third-order valence-corrected chi connectivity index (χ3v) is 3.59. The molecule has 0 aliphatic carbocycles. The molecule has 0 amide bonds. The number of aliphatic carboxylic acids is 1. The van der Waals surface area contributed by atoms with Crippen LogP contribution in [0, 0.1) is 0 Å². The van der Waals surface area contributed by atoms with Gasteiger partial charge in [0.15, 0.2) is 11.5 Å². The Hall–Kier alpha value is -2.85. The van der Waals surface area contributed by atoms with Gasteiger partial charge in [0, 0.05) is 31.7 Å². The Morgan fingerprint density at radius 2 is 2.08 bits per heavy atom. The summed E-state index contributed by atoms with van der Waals surface area (Å²) < 4.78 is 40.5. The largest absolute Gasteiger partial charge is 0.480 e. The Morgan fingerprint density at radius 3 is 2.75 bits per heavy atom. The summed E-state index contributed by atoms with van der Waals surface area (Å²) in [7, 11) is 0. The Kier molecular flexibility index (Phi) is 3.78. The van der Waals surface area contributed by atoms with E-state index in [-0.39, 0.29) is 31.3 Å². The van der Waals surface area contributed by atoms with Crippen LogP contribution in [0.1, 0.15) is 11.5 Å². The van der Waals surface area contributed by atoms with Crippen LogP contribution < -0.4 is 10.5 Å². The zero-order chi connectivity index (χ0) is 17.5. The molecule has 0 bridgehead atoms. The summed E-state index contributed by atoms with van der Waals surface area (Å²) >= 11 is 0. The lowest BCUT2D eigenvalue weighted by atomic mass is 10.3. The van der Waals surface area contributed by atoms with Crippen molar-refractivity contribution in [2.24, 2.45) is 0 Å². The summed E-state index contributed by atoms with van der Waals surface area (Å²) in [6.07, 6.45) is -1.07. The van der Waals surface area contributed by atoms with Crippen molar-refractivity contribution in [2.45, 2.75) is 25.8 Å². The number of hydrogen-bond donors (Lipinski definition) is 1. The average Bonchev–Trinajstić information content (AvgIpc) is 2.92. The molecule has 1 aliphatic rings. The number of rotatable bonds is 3. The summed E-state index contributed by atoms with van der Waals surface area (Å²) in [6, 6.07) is 0. The van der Waals surface area contributed by atoms with Crippen molar-refractivity contribution in [3.05, 3.63) is 40.5 Å². The number of halogens is 3. The first-order valence-corrected chi connectivity index (χ1v) is 6.91. The molecule has 0 radical (unpaired) electrons. The van der Waals surface area contributed by atoms with Crippen molar-refractivity contribution in [1.82, 2.24) is 19.1 Å². The van der Waals surface area contributed by atoms with Crippen molar-refractivity contribution >= 4 is 11.8 Å². The van der Waals surface area contributed by atoms with Crippen LogP contribution in [-0.4, -0.2) is 36.7 Å². The summed E-state index contributed by atoms with van der Waals surface area (Å²) in [4.78, 5) is 32.0. The van der Waals surface area contributed by atoms with Crippen molar-refractivity contribution in [1.29, 1.82) is 0 Å². The van der Waals surface area contributed by atoms with E-state index in [0.29, 0.717) is 0 Å². The zero-order valence-corrected chi connectivity index (χ0v) is 12.2. The van der Waals surface area contributed by atoms with E-state index < -0.39 is 29.9 Å². The van der Waals surface area contributed by atoms with Gasteiger partial charge in [0.25, 0.3) is 5.56 Å². The molecule has 1 N–H and O–H groups in total. The standard InChI is InChI=1S/C13H12F3N5O3/c14-13(15,16)8-5-19-3-4-20(6-9(19)18-8)11-12(24)21(2-1-17-11)7-10(22)23/h1-2,5H,3-4,6-7H2,(H,22,23). The highest BCUT2D eigenvalue weighted by atomic mass is 19.4. The minimum Gasteiger partial charge on any atom is -0.480 e. The van der Waals surface area contributed by atoms with Crippen LogP contribution in [-0.2, 0) is 30.6 Å². The minimum atomic E-state index is -4.53. The number of aromatic nitrogens is 4. The van der Waals surface area contributed by atoms with Crippen LogP contribution >= 0.6 is 0 Å². The number of carboxylic acid groups (broad SMARTS) is 1. The van der Waals surface area contributed by atoms with E-state index in [9.17, 15) is 22.8 Å². The molecule has 0 fully saturated rings. The third-order valence-electron chi connectivity index (χ3n) is 3.59. The van der Waals surface area contributed by atoms with Crippen molar-refractivity contribution < 1.29 is 23.1 Å². The van der Waals surface area contributed by atoms with E-state index in [0.717, 1.165) is 10.8 Å². The van der Waals surface area contributed by atoms with E-state index in [2.05, 4.69) is 9.97 Å². The fourth-order valence-electron chi connectivity index (χ4n) is 2.49. The smallest absolute Gasteiger partial charge is 0.434 e. The van der Waals surface area contributed by atoms with Crippen molar-refractivity contribution in [3.63, 3.8) is 0 Å². The fourth-order valence-corrected chi connectivity index (χ4v) is 2.49. The SMILES string of the molecule is O=C(O)Cn1ccnc(N2CCn3cc(C(F)(F)F)nc3C2)c1=O. The number of carboxylic acids is 1. The summed E-state index contributed by atoms with van der Waals surface area (Å²) in [5.74, 6) is -1.02. The number of alkyl halides is 3. The van der Waals surface area contributed by atoms with E-state index in [4.69, 9.17) is 5.11 Å². The van der Waals surface area contributed by atoms with Gasteiger partial charge < -0.3 is 14.6 Å². The molecule has 24 heavy (non-hydrogen) atoms. The van der Waals surface area contributed by atoms with Gasteiger partial charge in [-0.1, -0.05) is 0 Å². The molecule has 0 spiro atoms. The molecule has 0 saturated heterocycles. The van der Waals surface area contributed by atoms with Crippen LogP contribution in [0.15, 0.2) is 23.4 Å². The predicted octanol–water partition coefficient (Wildman–Crippen LogP) is 0.563. The normalized spacial score (nSPS) is 14.5. The molecule has 3 rings (SSSR count). The number of carbonyl (C=O) groups is 1. The molecule has 0 saturated carbocycles. The van der Waals surface area contributed by atoms with Crippen LogP contribution in [0.3, 0.4) is 0 Å². The average molecular weight is 343 g/mol. The van der Waals surface area contributed by atoms with Gasteiger partial charge >= 0.3 is 12.1 Å². The van der Waals surface area contributed by atoms with Gasteiger partial charge in [-0.25, -0.2) is 9.97 Å². The second kappa shape index (κ2) is 5.65. The zero-order valence-electron chi connectivity index (χ0n) is 12.2. The summed E-state index contributed by atoms with van der Waals surface area (Å²) in [6.45, 7) is -0.0578. The van der Waals surface area contributed by atoms with E-state index >= 15 is 0 Å². The second-order valence-electron chi connectivity index (χ2n) is 5.23. The minimum absolute atomic E-state index is 0.0124. The molecule has 8 nitrogen and oxygen atoms in total. The summed E-state index contributed by atoms with van der Waals surface area (Å²) in [5, 5.41) is 8.79. The molecule has 1 aliphatic heterocycles. The topological polar surface area (TPSA) is 93.2 Å². The Labute approximate surface area is 132 Å². The lowest BCUT2D eigenvalue weighted by Gasteiger charge is -2.28. The lowest BCUT2D eigenvalue weighted by Crippen LogP contribution is -2.39. The molecule has 0 unspecified atom stereocenters. The number of hydrogen-bond acceptors (Lipinski definition) is 5. The number of fused-ring (bicyclic) bond motifs is 1. The molecule has 3 heterocycles. The first kappa shape index (κ1) is 16.0. The van der Waals surface area contributed by atoms with Gasteiger partial charge in [0.05, 0.1) is 6.54 Å². The molecular formula is C13H12F3N5O3. The van der Waals surface area contributed by atoms with E-state index in [1.165, 1.54) is 21.9 Å². The van der Waals surface area contributed by atoms with Crippen LogP contribution in [0.4, 0.5) is 19.0 Å². The van der Waals surface area contributed by atoms with Gasteiger partial charge in [0.2, 0.25) is 0 Å². The van der Waals surface area contributed by atoms with Crippen LogP contribution in [0.5, 0.6) is 0 Å². The maximum Gasteiger partial charge on any atom is 0.434 e. The molecule has 11 heteroatoms. The molecule has 2 aromatic rings. The molecule has 2 aromatic heterocycles. The van der Waals surface area contributed by atoms with Gasteiger partial charge in [-0.05, 0) is 0 Å². The predicted molar refractivity (Wildman–Crippen MR) is 74.4 cm³/mol. The first-order valence-electron chi connectivity index (χ1n) is 6.91. The van der Waals surface area contributed by atoms with Gasteiger partial charge in [-0.15, -0.1) is 0 Å². The maximum atomic E-state index is 12.7. The lowest BCUT2D eigenvalue weighted by molar-refractivity contribution is -0.141. The monoisotopic (exact) mass is 343 g/mol. The van der Waals surface area contributed by atoms with Crippen molar-refractivity contribution in [2.75, 3.05) is 11.4 Å². The fraction of sp³-hybridized carbons (Fsp3) is 0.385. The highest BCUT2D eigenvalue weighted by Gasteiger charge is 2.36. The van der Waals surface area contributed by atoms with Gasteiger partial charge in [0.1, 0.15) is 12.4 Å². The highest BCUT2D eigenvalue weighted by molar-refractivity contribution is 5.66. The Balaban J connectivity index is 1.90. The first-order chi connectivity index (χ1) is 11.3. The van der Waals surface area contributed by atoms with E-state index in [1.807, 2.05) is 0 Å². The quantitative estimate of drug-likeness (QED) is 0.876. The van der Waals surface area contributed by atoms with Crippen LogP contribution in [0.25, 0.3) is 0 Å².